The van der Waals surface area contributed by atoms with Gasteiger partial charge in [-0.3, -0.25) is 4.79 Å². The molecular formula is C11H12N4OS. The van der Waals surface area contributed by atoms with Crippen LogP contribution in [0.2, 0.25) is 0 Å². The molecule has 0 aliphatic rings. The van der Waals surface area contributed by atoms with Gasteiger partial charge >= 0.3 is 0 Å². The van der Waals surface area contributed by atoms with Crippen molar-refractivity contribution in [3.05, 3.63) is 36.2 Å². The number of nitrogens with one attached hydrogen (secondary N) is 1. The summed E-state index contributed by atoms with van der Waals surface area (Å²) in [6, 6.07) is 7.59. The Hall–Kier alpha value is -1.95. The van der Waals surface area contributed by atoms with Gasteiger partial charge in [-0.1, -0.05) is 0 Å². The normalized spacial score (nSPS) is 10.0. The van der Waals surface area contributed by atoms with Crippen molar-refractivity contribution in [3.63, 3.8) is 0 Å². The van der Waals surface area contributed by atoms with E-state index < -0.39 is 0 Å². The quantitative estimate of drug-likeness (QED) is 0.900. The van der Waals surface area contributed by atoms with Gasteiger partial charge in [0.05, 0.1) is 17.9 Å². The fourth-order valence-corrected chi connectivity index (χ4v) is 1.71. The molecule has 17 heavy (non-hydrogen) atoms. The predicted octanol–water partition coefficient (Wildman–Crippen LogP) is 1.86. The standard InChI is InChI=1S/C11H12N4OS/c1-15(2)9-5-3-8(4-6-9)13-11(16)10-7-12-17-14-10/h3-7H,1-2H3,(H,13,16). The second-order valence-corrected chi connectivity index (χ2v) is 4.24. The summed E-state index contributed by atoms with van der Waals surface area (Å²) in [4.78, 5) is 13.7. The Kier molecular flexibility index (Phi) is 3.34. The molecule has 0 bridgehead atoms. The molecule has 0 aliphatic carbocycles. The lowest BCUT2D eigenvalue weighted by molar-refractivity contribution is 0.102. The molecule has 0 atom stereocenters. The molecule has 1 aromatic carbocycles. The van der Waals surface area contributed by atoms with Crippen LogP contribution >= 0.6 is 11.7 Å². The summed E-state index contributed by atoms with van der Waals surface area (Å²) in [5.74, 6) is -0.239. The summed E-state index contributed by atoms with van der Waals surface area (Å²) in [7, 11) is 3.93. The SMILES string of the molecule is CN(C)c1ccc(NC(=O)c2cnsn2)cc1. The van der Waals surface area contributed by atoms with Crippen LogP contribution in [0.4, 0.5) is 11.4 Å². The van der Waals surface area contributed by atoms with E-state index in [4.69, 9.17) is 0 Å². The summed E-state index contributed by atoms with van der Waals surface area (Å²) < 4.78 is 7.65. The number of hydrogen-bond donors (Lipinski definition) is 1. The molecule has 0 aliphatic heterocycles. The van der Waals surface area contributed by atoms with Crippen molar-refractivity contribution in [3.8, 4) is 0 Å². The average molecular weight is 248 g/mol. The van der Waals surface area contributed by atoms with Gasteiger partial charge in [-0.15, -0.1) is 0 Å². The molecule has 88 valence electrons. The van der Waals surface area contributed by atoms with Crippen LogP contribution in [0.1, 0.15) is 10.5 Å². The van der Waals surface area contributed by atoms with Gasteiger partial charge in [0.2, 0.25) is 0 Å². The Morgan fingerprint density at radius 3 is 2.53 bits per heavy atom. The number of nitrogens with zero attached hydrogens (tertiary/aromatic N) is 3. The maximum atomic E-state index is 11.7. The van der Waals surface area contributed by atoms with Crippen molar-refractivity contribution in [1.82, 2.24) is 8.75 Å². The van der Waals surface area contributed by atoms with E-state index in [1.165, 1.54) is 6.20 Å². The molecule has 0 fully saturated rings. The van der Waals surface area contributed by atoms with Crippen LogP contribution in [0.5, 0.6) is 0 Å². The van der Waals surface area contributed by atoms with E-state index in [-0.39, 0.29) is 5.91 Å². The summed E-state index contributed by atoms with van der Waals surface area (Å²) in [6.45, 7) is 0. The van der Waals surface area contributed by atoms with Crippen LogP contribution in [-0.2, 0) is 0 Å². The first-order chi connectivity index (χ1) is 8.16. The fraction of sp³-hybridized carbons (Fsp3) is 0.182. The molecule has 1 aromatic heterocycles. The first kappa shape index (κ1) is 11.5. The third-order valence-electron chi connectivity index (χ3n) is 2.24. The van der Waals surface area contributed by atoms with E-state index in [1.807, 2.05) is 43.3 Å². The Morgan fingerprint density at radius 2 is 2.00 bits per heavy atom. The predicted molar refractivity (Wildman–Crippen MR) is 68.6 cm³/mol. The summed E-state index contributed by atoms with van der Waals surface area (Å²) >= 11 is 1.02. The highest BCUT2D eigenvalue weighted by Crippen LogP contribution is 2.16. The van der Waals surface area contributed by atoms with Crippen molar-refractivity contribution < 1.29 is 4.79 Å². The van der Waals surface area contributed by atoms with Gasteiger partial charge in [-0.25, -0.2) is 0 Å². The lowest BCUT2D eigenvalue weighted by atomic mass is 10.2. The van der Waals surface area contributed by atoms with E-state index in [1.54, 1.807) is 0 Å². The maximum Gasteiger partial charge on any atom is 0.277 e. The van der Waals surface area contributed by atoms with Crippen molar-refractivity contribution in [2.75, 3.05) is 24.3 Å². The molecule has 6 heteroatoms. The monoisotopic (exact) mass is 248 g/mol. The third-order valence-corrected chi connectivity index (χ3v) is 2.71. The Balaban J connectivity index is 2.07. The molecule has 5 nitrogen and oxygen atoms in total. The minimum atomic E-state index is -0.239. The number of amides is 1. The zero-order valence-electron chi connectivity index (χ0n) is 9.54. The van der Waals surface area contributed by atoms with Crippen LogP contribution in [0.15, 0.2) is 30.5 Å². The Morgan fingerprint density at radius 1 is 1.29 bits per heavy atom. The minimum absolute atomic E-state index is 0.239. The number of carbonyl (C=O) groups excluding carboxylic acids is 1. The second-order valence-electron chi connectivity index (χ2n) is 3.69. The van der Waals surface area contributed by atoms with Crippen LogP contribution < -0.4 is 10.2 Å². The largest absolute Gasteiger partial charge is 0.378 e. The number of rotatable bonds is 3. The van der Waals surface area contributed by atoms with Gasteiger partial charge in [0, 0.05) is 25.5 Å². The van der Waals surface area contributed by atoms with Gasteiger partial charge in [-0.05, 0) is 24.3 Å². The lowest BCUT2D eigenvalue weighted by Gasteiger charge is -2.12. The van der Waals surface area contributed by atoms with Crippen molar-refractivity contribution in [1.29, 1.82) is 0 Å². The maximum absolute atomic E-state index is 11.7. The molecule has 1 heterocycles. The van der Waals surface area contributed by atoms with Gasteiger partial charge < -0.3 is 10.2 Å². The molecule has 0 saturated carbocycles. The second kappa shape index (κ2) is 4.92. The minimum Gasteiger partial charge on any atom is -0.378 e. The highest BCUT2D eigenvalue weighted by atomic mass is 32.1. The van der Waals surface area contributed by atoms with Crippen LogP contribution in [-0.4, -0.2) is 28.7 Å². The first-order valence-electron chi connectivity index (χ1n) is 5.03. The third kappa shape index (κ3) is 2.79. The smallest absolute Gasteiger partial charge is 0.277 e. The van der Waals surface area contributed by atoms with Crippen molar-refractivity contribution in [2.45, 2.75) is 0 Å². The molecule has 2 aromatic rings. The number of anilines is 2. The van der Waals surface area contributed by atoms with Crippen molar-refractivity contribution >= 4 is 29.0 Å². The van der Waals surface area contributed by atoms with E-state index >= 15 is 0 Å². The number of hydrogen-bond acceptors (Lipinski definition) is 5. The van der Waals surface area contributed by atoms with E-state index in [2.05, 4.69) is 14.1 Å². The van der Waals surface area contributed by atoms with E-state index in [9.17, 15) is 4.79 Å². The molecule has 0 radical (unpaired) electrons. The van der Waals surface area contributed by atoms with Gasteiger partial charge in [-0.2, -0.15) is 8.75 Å². The van der Waals surface area contributed by atoms with Crippen molar-refractivity contribution in [2.24, 2.45) is 0 Å². The Labute approximate surface area is 103 Å². The number of carbonyl (C=O) groups is 1. The van der Waals surface area contributed by atoms with Gasteiger partial charge in [0.1, 0.15) is 0 Å². The van der Waals surface area contributed by atoms with Gasteiger partial charge in [0.15, 0.2) is 5.69 Å². The topological polar surface area (TPSA) is 58.1 Å². The zero-order valence-corrected chi connectivity index (χ0v) is 10.4. The van der Waals surface area contributed by atoms with Crippen LogP contribution in [0.3, 0.4) is 0 Å². The molecule has 0 saturated heterocycles. The number of aromatic nitrogens is 2. The molecule has 2 rings (SSSR count). The molecular weight excluding hydrogens is 236 g/mol. The summed E-state index contributed by atoms with van der Waals surface area (Å²) in [6.07, 6.45) is 1.45. The summed E-state index contributed by atoms with van der Waals surface area (Å²) in [5, 5.41) is 2.76. The Bertz CT molecular complexity index is 493. The molecule has 1 amide bonds. The lowest BCUT2D eigenvalue weighted by Crippen LogP contribution is -2.12. The highest BCUT2D eigenvalue weighted by molar-refractivity contribution is 6.99. The van der Waals surface area contributed by atoms with E-state index in [0.29, 0.717) is 5.69 Å². The molecule has 1 N–H and O–H groups in total. The number of benzene rings is 1. The molecule has 0 spiro atoms. The van der Waals surface area contributed by atoms with Crippen LogP contribution in [0.25, 0.3) is 0 Å². The molecule has 0 unspecified atom stereocenters. The first-order valence-corrected chi connectivity index (χ1v) is 5.76. The summed E-state index contributed by atoms with van der Waals surface area (Å²) in [5.41, 5.74) is 2.17. The van der Waals surface area contributed by atoms with Crippen LogP contribution in [0, 0.1) is 0 Å². The zero-order chi connectivity index (χ0) is 12.3. The highest BCUT2D eigenvalue weighted by Gasteiger charge is 2.08. The fourth-order valence-electron chi connectivity index (χ4n) is 1.30. The van der Waals surface area contributed by atoms with Gasteiger partial charge in [0.25, 0.3) is 5.91 Å². The van der Waals surface area contributed by atoms with E-state index in [0.717, 1.165) is 23.1 Å². The average Bonchev–Trinajstić information content (AvgIpc) is 2.83.